The van der Waals surface area contributed by atoms with Gasteiger partial charge in [-0.1, -0.05) is 0 Å². The maximum Gasteiger partial charge on any atom is 2.00 e. The molecule has 0 rings (SSSR count). The molecule has 0 saturated heterocycles. The van der Waals surface area contributed by atoms with E-state index in [1.165, 1.54) is 0 Å². The molecule has 20 N–H and O–H groups in total. The molecule has 0 aromatic heterocycles. The van der Waals surface area contributed by atoms with E-state index in [1.54, 1.807) is 0 Å². The third-order valence-corrected chi connectivity index (χ3v) is 5.98. The Balaban J connectivity index is -0.000000140. The maximum atomic E-state index is 9.98. The molecule has 0 aliphatic heterocycles. The average Bonchev–Trinajstić information content (AvgIpc) is 3.12. The molecule has 327 valence electrons. The zero-order valence-corrected chi connectivity index (χ0v) is 29.0. The van der Waals surface area contributed by atoms with Crippen LogP contribution in [0.1, 0.15) is 0 Å². The van der Waals surface area contributed by atoms with Gasteiger partial charge in [-0.25, -0.2) is 0 Å². The minimum absolute atomic E-state index is 0. The third-order valence-electron chi connectivity index (χ3n) is 5.98. The van der Waals surface area contributed by atoms with E-state index in [-0.39, 0.29) is 33.3 Å². The molecule has 0 aromatic rings. The van der Waals surface area contributed by atoms with E-state index >= 15 is 0 Å². The molecule has 30 heteroatoms. The van der Waals surface area contributed by atoms with Gasteiger partial charge in [0.15, 0.2) is 0 Å². The second-order valence-corrected chi connectivity index (χ2v) is 9.98. The van der Waals surface area contributed by atoms with Crippen LogP contribution in [0, 0.1) is 0 Å². The van der Waals surface area contributed by atoms with Gasteiger partial charge in [-0.3, -0.25) is 0 Å². The Labute approximate surface area is 322 Å². The quantitative estimate of drug-likeness (QED) is 0.0505. The molecular formula is C24H44CoNiO28. The second-order valence-electron chi connectivity index (χ2n) is 9.98. The van der Waals surface area contributed by atoms with E-state index in [0.717, 1.165) is 0 Å². The third kappa shape index (κ3) is 24.6. The summed E-state index contributed by atoms with van der Waals surface area (Å²) in [6, 6.07) is 0. The van der Waals surface area contributed by atoms with Crippen molar-refractivity contribution in [2.75, 3.05) is 26.4 Å². The molecule has 0 fully saturated rings. The van der Waals surface area contributed by atoms with Gasteiger partial charge >= 0.3 is 33.3 Å². The first-order valence-corrected chi connectivity index (χ1v) is 13.8. The van der Waals surface area contributed by atoms with Gasteiger partial charge in [-0.2, -0.15) is 0 Å². The Hall–Kier alpha value is -1.92. The number of carbonyl (C=O) groups excluding carboxylic acids is 4. The SMILES string of the molecule is O=C([O-])[C@H](O)[C@@H](O)[C@H](O)[C@H](O)CO.O=C([O-])[C@H](O)[C@@H](O)[C@H](O)[C@H](O)CO.O=C([O-])[C@H](O)[C@@H](O)[C@H](O)[C@H](O)CO.O=C([O-])[C@H](O)[C@@H](O)[C@H](O)[C@H](O)CO.[Co+2].[Ni+2]. The van der Waals surface area contributed by atoms with Crippen LogP contribution in [0.15, 0.2) is 0 Å². The fourth-order valence-electron chi connectivity index (χ4n) is 2.65. The smallest absolute Gasteiger partial charge is 0.547 e. The number of carbonyl (C=O) groups is 4. The normalized spacial score (nSPS) is 19.6. The van der Waals surface area contributed by atoms with Crippen LogP contribution in [0.3, 0.4) is 0 Å². The summed E-state index contributed by atoms with van der Waals surface area (Å²) in [6.07, 6.45) is -32.3. The molecule has 0 amide bonds. The molecule has 0 aromatic carbocycles. The van der Waals surface area contributed by atoms with Gasteiger partial charge < -0.3 is 142 Å². The molecule has 0 heterocycles. The standard InChI is InChI=1S/4C6H12O7.Co.Ni/c4*7-1-2(8)3(9)4(10)5(11)6(12)13;;/h4*2-5,7-11H,1H2,(H,12,13);;/q;;;;2*+2/p-4/t4*2-,3-,4+,5-;;/m1111../s1. The van der Waals surface area contributed by atoms with Gasteiger partial charge in [0, 0.05) is 0 Å². The van der Waals surface area contributed by atoms with Crippen molar-refractivity contribution in [1.82, 2.24) is 0 Å². The molecule has 1 radical (unpaired) electrons. The van der Waals surface area contributed by atoms with Crippen LogP contribution in [-0.4, -0.2) is 250 Å². The van der Waals surface area contributed by atoms with Crippen LogP contribution < -0.4 is 20.4 Å². The monoisotopic (exact) mass is 897 g/mol. The van der Waals surface area contributed by atoms with E-state index in [1.807, 2.05) is 0 Å². The van der Waals surface area contributed by atoms with Crippen molar-refractivity contribution >= 4 is 23.9 Å². The fourth-order valence-corrected chi connectivity index (χ4v) is 2.65. The number of carboxylic acids is 4. The van der Waals surface area contributed by atoms with Crippen molar-refractivity contribution in [3.05, 3.63) is 0 Å². The first-order chi connectivity index (χ1) is 23.7. The van der Waals surface area contributed by atoms with E-state index in [2.05, 4.69) is 0 Å². The van der Waals surface area contributed by atoms with Gasteiger partial charge in [0.05, 0.1) is 50.3 Å². The first kappa shape index (κ1) is 64.0. The second kappa shape index (κ2) is 33.2. The van der Waals surface area contributed by atoms with Crippen molar-refractivity contribution in [2.45, 2.75) is 97.7 Å². The average molecular weight is 898 g/mol. The Morgan fingerprint density at radius 2 is 0.426 bits per heavy atom. The zero-order chi connectivity index (χ0) is 42.4. The number of rotatable bonds is 20. The van der Waals surface area contributed by atoms with Gasteiger partial charge in [-0.05, 0) is 0 Å². The number of aliphatic hydroxyl groups is 20. The summed E-state index contributed by atoms with van der Waals surface area (Å²) in [5.74, 6) is -7.90. The number of aliphatic carboxylic acids is 4. The fraction of sp³-hybridized carbons (Fsp3) is 0.833. The number of hydrogen-bond donors (Lipinski definition) is 20. The zero-order valence-electron chi connectivity index (χ0n) is 26.9. The molecule has 0 unspecified atom stereocenters. The molecule has 28 nitrogen and oxygen atoms in total. The Morgan fingerprint density at radius 1 is 0.315 bits per heavy atom. The predicted octanol–water partition coefficient (Wildman–Crippen LogP) is -19.3. The van der Waals surface area contributed by atoms with Crippen molar-refractivity contribution < 1.29 is 175 Å². The van der Waals surface area contributed by atoms with Gasteiger partial charge in [-0.15, -0.1) is 0 Å². The Kier molecular flexibility index (Phi) is 39.4. The van der Waals surface area contributed by atoms with Crippen molar-refractivity contribution in [3.63, 3.8) is 0 Å². The van der Waals surface area contributed by atoms with E-state index in [4.69, 9.17) is 102 Å². The minimum atomic E-state index is -2.31. The van der Waals surface area contributed by atoms with Crippen molar-refractivity contribution in [1.29, 1.82) is 0 Å². The van der Waals surface area contributed by atoms with Crippen LogP contribution in [-0.2, 0) is 52.4 Å². The minimum Gasteiger partial charge on any atom is -0.547 e. The molecule has 54 heavy (non-hydrogen) atoms. The maximum absolute atomic E-state index is 9.98. The van der Waals surface area contributed by atoms with Gasteiger partial charge in [0.25, 0.3) is 0 Å². The number of hydrogen-bond acceptors (Lipinski definition) is 28. The van der Waals surface area contributed by atoms with Crippen LogP contribution in [0.25, 0.3) is 0 Å². The first-order valence-electron chi connectivity index (χ1n) is 13.8. The number of carboxylic acid groups (broad SMARTS) is 4. The summed E-state index contributed by atoms with van der Waals surface area (Å²) in [4.78, 5) is 39.9. The molecule has 0 saturated carbocycles. The number of aliphatic hydroxyl groups excluding tert-OH is 20. The largest absolute Gasteiger partial charge is 2.00 e. The summed E-state index contributed by atoms with van der Waals surface area (Å²) in [5, 5.41) is 214. The topological polar surface area (TPSA) is 565 Å². The van der Waals surface area contributed by atoms with Crippen LogP contribution in [0.4, 0.5) is 0 Å². The Morgan fingerprint density at radius 3 is 0.500 bits per heavy atom. The van der Waals surface area contributed by atoms with Crippen molar-refractivity contribution in [3.8, 4) is 0 Å². The van der Waals surface area contributed by atoms with Crippen LogP contribution >= 0.6 is 0 Å². The molecular weight excluding hydrogens is 854 g/mol. The van der Waals surface area contributed by atoms with Crippen LogP contribution in [0.2, 0.25) is 0 Å². The van der Waals surface area contributed by atoms with Gasteiger partial charge in [0.1, 0.15) is 97.7 Å². The summed E-state index contributed by atoms with van der Waals surface area (Å²) in [5.41, 5.74) is 0. The van der Waals surface area contributed by atoms with Crippen molar-refractivity contribution in [2.24, 2.45) is 0 Å². The Bertz CT molecular complexity index is 848. The molecule has 0 aliphatic rings. The summed E-state index contributed by atoms with van der Waals surface area (Å²) in [7, 11) is 0. The van der Waals surface area contributed by atoms with E-state index < -0.39 is 148 Å². The molecule has 0 spiro atoms. The molecule has 16 atom stereocenters. The van der Waals surface area contributed by atoms with E-state index in [0.29, 0.717) is 0 Å². The molecule has 0 bridgehead atoms. The van der Waals surface area contributed by atoms with E-state index in [9.17, 15) is 39.6 Å². The summed E-state index contributed by atoms with van der Waals surface area (Å²) in [6.45, 7) is -3.45. The summed E-state index contributed by atoms with van der Waals surface area (Å²) < 4.78 is 0. The van der Waals surface area contributed by atoms with Crippen LogP contribution in [0.5, 0.6) is 0 Å². The predicted molar refractivity (Wildman–Crippen MR) is 144 cm³/mol. The summed E-state index contributed by atoms with van der Waals surface area (Å²) >= 11 is 0. The van der Waals surface area contributed by atoms with Gasteiger partial charge in [0.2, 0.25) is 0 Å². The molecule has 0 aliphatic carbocycles.